The molecule has 0 bridgehead atoms. The summed E-state index contributed by atoms with van der Waals surface area (Å²) < 4.78 is 10.5. The fourth-order valence-corrected chi connectivity index (χ4v) is 3.22. The summed E-state index contributed by atoms with van der Waals surface area (Å²) in [4.78, 5) is 36.7. The second-order valence-electron chi connectivity index (χ2n) is 9.06. The van der Waals surface area contributed by atoms with E-state index < -0.39 is 17.8 Å². The van der Waals surface area contributed by atoms with Gasteiger partial charge in [-0.15, -0.1) is 0 Å². The van der Waals surface area contributed by atoms with Gasteiger partial charge < -0.3 is 20.1 Å². The molecule has 3 N–H and O–H groups in total. The van der Waals surface area contributed by atoms with Crippen LogP contribution in [0.3, 0.4) is 0 Å². The van der Waals surface area contributed by atoms with Crippen molar-refractivity contribution in [2.45, 2.75) is 39.4 Å². The first-order chi connectivity index (χ1) is 17.2. The summed E-state index contributed by atoms with van der Waals surface area (Å²) in [6.07, 6.45) is -0.495. The van der Waals surface area contributed by atoms with Crippen molar-refractivity contribution >= 4 is 29.5 Å². The van der Waals surface area contributed by atoms with E-state index in [0.29, 0.717) is 29.9 Å². The molecule has 0 saturated carbocycles. The number of hydrogen-bond acceptors (Lipinski definition) is 5. The van der Waals surface area contributed by atoms with E-state index in [4.69, 9.17) is 9.47 Å². The van der Waals surface area contributed by atoms with E-state index in [0.717, 1.165) is 11.1 Å². The van der Waals surface area contributed by atoms with Crippen molar-refractivity contribution in [1.29, 1.82) is 0 Å². The van der Waals surface area contributed by atoms with Gasteiger partial charge in [0, 0.05) is 12.1 Å². The Kier molecular flexibility index (Phi) is 9.05. The van der Waals surface area contributed by atoms with Gasteiger partial charge in [-0.1, -0.05) is 54.6 Å². The van der Waals surface area contributed by atoms with Gasteiger partial charge in [0.15, 0.2) is 0 Å². The lowest BCUT2D eigenvalue weighted by atomic mass is 10.1. The third kappa shape index (κ3) is 8.79. The molecule has 0 atom stereocenters. The predicted octanol–water partition coefficient (Wildman–Crippen LogP) is 5.75. The standard InChI is InChI=1S/C28H31N3O5/c1-28(2,3)36-27(34)31-24-12-8-7-11-23(24)30-25(32)22-15-13-20(14-16-22)17-18-29-26(33)35-19-21-9-5-4-6-10-21/h4-16H,17-19H2,1-3H3,(H,29,33)(H,30,32)(H,31,34). The molecule has 3 aromatic rings. The number of carbonyl (C=O) groups excluding carboxylic acids is 3. The Bertz CT molecular complexity index is 1170. The van der Waals surface area contributed by atoms with Crippen molar-refractivity contribution in [1.82, 2.24) is 5.32 Å². The van der Waals surface area contributed by atoms with Gasteiger partial charge in [0.1, 0.15) is 12.2 Å². The van der Waals surface area contributed by atoms with Crippen LogP contribution < -0.4 is 16.0 Å². The van der Waals surface area contributed by atoms with Gasteiger partial charge in [-0.05, 0) is 62.6 Å². The van der Waals surface area contributed by atoms with Crippen molar-refractivity contribution in [3.05, 3.63) is 95.6 Å². The molecule has 0 aliphatic heterocycles. The van der Waals surface area contributed by atoms with Crippen molar-refractivity contribution < 1.29 is 23.9 Å². The highest BCUT2D eigenvalue weighted by atomic mass is 16.6. The molecule has 3 aromatic carbocycles. The maximum absolute atomic E-state index is 12.8. The van der Waals surface area contributed by atoms with Crippen molar-refractivity contribution in [2.24, 2.45) is 0 Å². The van der Waals surface area contributed by atoms with Gasteiger partial charge in [-0.3, -0.25) is 10.1 Å². The fraction of sp³-hybridized carbons (Fsp3) is 0.250. The van der Waals surface area contributed by atoms with Gasteiger partial charge in [0.05, 0.1) is 11.4 Å². The second kappa shape index (κ2) is 12.4. The molecule has 0 unspecified atom stereocenters. The van der Waals surface area contributed by atoms with Crippen LogP contribution in [0.4, 0.5) is 21.0 Å². The van der Waals surface area contributed by atoms with Crippen molar-refractivity contribution in [2.75, 3.05) is 17.2 Å². The van der Waals surface area contributed by atoms with Crippen LogP contribution in [0.25, 0.3) is 0 Å². The van der Waals surface area contributed by atoms with Crippen LogP contribution in [-0.2, 0) is 22.5 Å². The fourth-order valence-electron chi connectivity index (χ4n) is 3.22. The topological polar surface area (TPSA) is 106 Å². The van der Waals surface area contributed by atoms with Gasteiger partial charge >= 0.3 is 12.2 Å². The zero-order valence-electron chi connectivity index (χ0n) is 20.7. The average Bonchev–Trinajstić information content (AvgIpc) is 2.84. The SMILES string of the molecule is CC(C)(C)OC(=O)Nc1ccccc1NC(=O)c1ccc(CCNC(=O)OCc2ccccc2)cc1. The molecular formula is C28H31N3O5. The second-order valence-corrected chi connectivity index (χ2v) is 9.06. The summed E-state index contributed by atoms with van der Waals surface area (Å²) in [6, 6.07) is 23.4. The molecule has 188 valence electrons. The number of amides is 3. The molecule has 8 heteroatoms. The number of benzene rings is 3. The lowest BCUT2D eigenvalue weighted by molar-refractivity contribution is 0.0635. The molecule has 36 heavy (non-hydrogen) atoms. The van der Waals surface area contributed by atoms with E-state index in [-0.39, 0.29) is 12.5 Å². The van der Waals surface area contributed by atoms with Gasteiger partial charge in [0.25, 0.3) is 5.91 Å². The summed E-state index contributed by atoms with van der Waals surface area (Å²) in [7, 11) is 0. The Morgan fingerprint density at radius 3 is 1.97 bits per heavy atom. The van der Waals surface area contributed by atoms with E-state index in [1.807, 2.05) is 42.5 Å². The largest absolute Gasteiger partial charge is 0.445 e. The maximum Gasteiger partial charge on any atom is 0.412 e. The lowest BCUT2D eigenvalue weighted by Gasteiger charge is -2.20. The summed E-state index contributed by atoms with van der Waals surface area (Å²) in [5.74, 6) is -0.317. The van der Waals surface area contributed by atoms with Gasteiger partial charge in [0.2, 0.25) is 0 Å². The third-order valence-electron chi connectivity index (χ3n) is 4.92. The highest BCUT2D eigenvalue weighted by Crippen LogP contribution is 2.23. The highest BCUT2D eigenvalue weighted by Gasteiger charge is 2.18. The summed E-state index contributed by atoms with van der Waals surface area (Å²) in [6.45, 7) is 5.95. The van der Waals surface area contributed by atoms with Crippen molar-refractivity contribution in [3.63, 3.8) is 0 Å². The predicted molar refractivity (Wildman–Crippen MR) is 139 cm³/mol. The van der Waals surface area contributed by atoms with Gasteiger partial charge in [-0.25, -0.2) is 9.59 Å². The molecule has 0 heterocycles. The maximum atomic E-state index is 12.8. The number of carbonyl (C=O) groups is 3. The monoisotopic (exact) mass is 489 g/mol. The molecule has 0 aliphatic carbocycles. The number of anilines is 2. The first kappa shape index (κ1) is 26.3. The molecule has 3 amide bonds. The van der Waals surface area contributed by atoms with Crippen molar-refractivity contribution in [3.8, 4) is 0 Å². The Morgan fingerprint density at radius 2 is 1.33 bits per heavy atom. The average molecular weight is 490 g/mol. The Balaban J connectivity index is 1.48. The van der Waals surface area contributed by atoms with Crippen LogP contribution in [0.5, 0.6) is 0 Å². The minimum atomic E-state index is -0.637. The number of rotatable bonds is 8. The number of alkyl carbamates (subject to hydrolysis) is 1. The third-order valence-corrected chi connectivity index (χ3v) is 4.92. The smallest absolute Gasteiger partial charge is 0.412 e. The molecular weight excluding hydrogens is 458 g/mol. The minimum absolute atomic E-state index is 0.215. The Morgan fingerprint density at radius 1 is 0.722 bits per heavy atom. The molecule has 0 aromatic heterocycles. The van der Waals surface area contributed by atoms with E-state index in [1.165, 1.54) is 0 Å². The summed E-state index contributed by atoms with van der Waals surface area (Å²) >= 11 is 0. The van der Waals surface area contributed by atoms with Crippen LogP contribution in [0, 0.1) is 0 Å². The molecule has 0 radical (unpaired) electrons. The van der Waals surface area contributed by atoms with Gasteiger partial charge in [-0.2, -0.15) is 0 Å². The quantitative estimate of drug-likeness (QED) is 0.373. The van der Waals surface area contributed by atoms with Crippen LogP contribution >= 0.6 is 0 Å². The minimum Gasteiger partial charge on any atom is -0.445 e. The molecule has 0 saturated heterocycles. The van der Waals surface area contributed by atoms with E-state index in [2.05, 4.69) is 16.0 Å². The van der Waals surface area contributed by atoms with Crippen LogP contribution in [-0.4, -0.2) is 30.2 Å². The first-order valence-corrected chi connectivity index (χ1v) is 11.6. The number of ether oxygens (including phenoxy) is 2. The summed E-state index contributed by atoms with van der Waals surface area (Å²) in [5.41, 5.74) is 2.59. The van der Waals surface area contributed by atoms with E-state index >= 15 is 0 Å². The molecule has 0 aliphatic rings. The molecule has 3 rings (SSSR count). The summed E-state index contributed by atoms with van der Waals surface area (Å²) in [5, 5.41) is 8.20. The molecule has 0 fully saturated rings. The van der Waals surface area contributed by atoms with Crippen LogP contribution in [0.1, 0.15) is 42.3 Å². The molecule has 0 spiro atoms. The number of para-hydroxylation sites is 2. The Hall–Kier alpha value is -4.33. The number of nitrogens with one attached hydrogen (secondary N) is 3. The van der Waals surface area contributed by atoms with E-state index in [1.54, 1.807) is 57.2 Å². The zero-order valence-corrected chi connectivity index (χ0v) is 20.7. The van der Waals surface area contributed by atoms with Crippen LogP contribution in [0.2, 0.25) is 0 Å². The molecule has 8 nitrogen and oxygen atoms in total. The normalized spacial score (nSPS) is 10.8. The zero-order chi connectivity index (χ0) is 26.0. The Labute approximate surface area is 211 Å². The van der Waals surface area contributed by atoms with Crippen LogP contribution in [0.15, 0.2) is 78.9 Å². The van der Waals surface area contributed by atoms with E-state index in [9.17, 15) is 14.4 Å². The highest BCUT2D eigenvalue weighted by molar-refractivity contribution is 6.06. The first-order valence-electron chi connectivity index (χ1n) is 11.6. The lowest BCUT2D eigenvalue weighted by Crippen LogP contribution is -2.27. The number of hydrogen-bond donors (Lipinski definition) is 3.